The number of morpholine rings is 1. The Morgan fingerprint density at radius 2 is 1.98 bits per heavy atom. The molecule has 4 atom stereocenters. The number of rotatable bonds is 9. The van der Waals surface area contributed by atoms with E-state index in [9.17, 15) is 9.18 Å². The van der Waals surface area contributed by atoms with Crippen molar-refractivity contribution in [2.24, 2.45) is 5.92 Å². The van der Waals surface area contributed by atoms with E-state index in [4.69, 9.17) is 4.74 Å². The van der Waals surface area contributed by atoms with Crippen molar-refractivity contribution in [3.05, 3.63) is 59.2 Å². The van der Waals surface area contributed by atoms with Crippen molar-refractivity contribution in [3.63, 3.8) is 0 Å². The van der Waals surface area contributed by atoms with Crippen LogP contribution < -0.4 is 5.32 Å². The summed E-state index contributed by atoms with van der Waals surface area (Å²) in [4.78, 5) is 25.0. The number of imidazole rings is 1. The molecule has 10 heteroatoms. The molecule has 4 aliphatic heterocycles. The summed E-state index contributed by atoms with van der Waals surface area (Å²) in [6.07, 6.45) is 5.69. The maximum Gasteiger partial charge on any atom is 0.254 e. The largest absolute Gasteiger partial charge is 0.377 e. The zero-order chi connectivity index (χ0) is 31.4. The number of likely N-dealkylation sites (tertiary alicyclic amines) is 2. The highest BCUT2D eigenvalue weighted by molar-refractivity contribution is 6.03. The normalized spacial score (nSPS) is 25.0. The molecule has 0 unspecified atom stereocenters. The number of carbonyl (C=O) groups excluding carboxylic acids is 1. The number of nitrogens with one attached hydrogen (secondary N) is 1. The van der Waals surface area contributed by atoms with Crippen LogP contribution in [0.4, 0.5) is 8.78 Å². The molecular weight excluding hydrogens is 574 g/mol. The molecule has 2 aromatic heterocycles. The smallest absolute Gasteiger partial charge is 0.254 e. The molecule has 3 aromatic rings. The quantitative estimate of drug-likeness (QED) is 0.375. The molecule has 7 rings (SSSR count). The third kappa shape index (κ3) is 5.79. The average molecular weight is 621 g/mol. The third-order valence-corrected chi connectivity index (χ3v) is 10.8. The Hall–Kier alpha value is -2.92. The molecule has 0 saturated carbocycles. The molecule has 1 amide bonds. The van der Waals surface area contributed by atoms with Crippen molar-refractivity contribution >= 4 is 11.4 Å². The highest BCUT2D eigenvalue weighted by Crippen LogP contribution is 2.38. The fourth-order valence-electron chi connectivity index (χ4n) is 8.23. The van der Waals surface area contributed by atoms with Crippen LogP contribution in [0.5, 0.6) is 0 Å². The molecule has 4 fully saturated rings. The minimum Gasteiger partial charge on any atom is -0.377 e. The van der Waals surface area contributed by atoms with Gasteiger partial charge < -0.3 is 19.4 Å². The van der Waals surface area contributed by atoms with Crippen LogP contribution in [-0.4, -0.2) is 107 Å². The molecule has 0 aliphatic carbocycles. The summed E-state index contributed by atoms with van der Waals surface area (Å²) in [6, 6.07) is 8.04. The van der Waals surface area contributed by atoms with E-state index in [1.165, 1.54) is 44.5 Å². The number of hydrogen-bond donors (Lipinski definition) is 1. The Morgan fingerprint density at radius 1 is 1.16 bits per heavy atom. The number of ether oxygens (including phenoxy) is 1. The Labute approximate surface area is 264 Å². The second-order valence-corrected chi connectivity index (χ2v) is 14.1. The number of benzene rings is 1. The van der Waals surface area contributed by atoms with Gasteiger partial charge in [-0.05, 0) is 74.9 Å². The molecule has 45 heavy (non-hydrogen) atoms. The second-order valence-electron chi connectivity index (χ2n) is 14.1. The van der Waals surface area contributed by atoms with E-state index in [0.29, 0.717) is 60.2 Å². The predicted octanol–water partition coefficient (Wildman–Crippen LogP) is 4.70. The second kappa shape index (κ2) is 12.4. The van der Waals surface area contributed by atoms with Gasteiger partial charge in [-0.25, -0.2) is 9.37 Å². The number of pyridine rings is 1. The van der Waals surface area contributed by atoms with E-state index < -0.39 is 11.8 Å². The number of fused-ring (bicyclic) bond motifs is 3. The van der Waals surface area contributed by atoms with Crippen LogP contribution in [0.2, 0.25) is 0 Å². The fraction of sp³-hybridized carbons (Fsp3) is 0.600. The van der Waals surface area contributed by atoms with Crippen LogP contribution in [-0.2, 0) is 4.74 Å². The summed E-state index contributed by atoms with van der Waals surface area (Å²) in [5, 5.41) is 3.60. The number of piperazine rings is 1. The highest BCUT2D eigenvalue weighted by Gasteiger charge is 2.38. The maximum absolute atomic E-state index is 15.4. The lowest BCUT2D eigenvalue weighted by Crippen LogP contribution is -2.52. The maximum atomic E-state index is 15.4. The van der Waals surface area contributed by atoms with Crippen molar-refractivity contribution in [3.8, 4) is 11.1 Å². The summed E-state index contributed by atoms with van der Waals surface area (Å²) in [6.45, 7) is 15.0. The van der Waals surface area contributed by atoms with E-state index in [1.54, 1.807) is 22.3 Å². The summed E-state index contributed by atoms with van der Waals surface area (Å²) >= 11 is 0. The van der Waals surface area contributed by atoms with Gasteiger partial charge in [-0.15, -0.1) is 0 Å². The standard InChI is InChI=1S/C35H46F2N6O2/c1-21(2)32(6-5-9-40-19-27-14-28(40)15-38-27)41-16-25(17-41)24-12-30(33-34(37)39-23(4)43(33)18-24)29-8-7-26(36)13-31(29)35(44)42-10-11-45-20-22(42)3/h7-8,12-13,18,21-22,25,27-28,32,38H,5-6,9-11,14-17,19-20H2,1-4H3/t22-,27-,28-,32-/m1/s1. The zero-order valence-electron chi connectivity index (χ0n) is 26.9. The van der Waals surface area contributed by atoms with Gasteiger partial charge in [0.1, 0.15) is 17.2 Å². The molecule has 6 heterocycles. The highest BCUT2D eigenvalue weighted by atomic mass is 19.1. The van der Waals surface area contributed by atoms with Gasteiger partial charge >= 0.3 is 0 Å². The molecule has 1 aromatic carbocycles. The van der Waals surface area contributed by atoms with Gasteiger partial charge in [0.05, 0.1) is 24.8 Å². The first-order chi connectivity index (χ1) is 21.7. The number of aromatic nitrogens is 2. The average Bonchev–Trinajstić information content (AvgIpc) is 3.70. The van der Waals surface area contributed by atoms with E-state index in [-0.39, 0.29) is 23.4 Å². The Bertz CT molecular complexity index is 1570. The minimum atomic E-state index is -0.589. The first-order valence-electron chi connectivity index (χ1n) is 16.8. The SMILES string of the molecule is Cc1nc(F)c2c(-c3ccc(F)cc3C(=O)N3CCOC[C@H]3C)cc(C3CN([C@H](CCCN4C[C@H]5C[C@@H]4CN5)C(C)C)C3)cn12. The van der Waals surface area contributed by atoms with Crippen molar-refractivity contribution in [2.75, 3.05) is 52.5 Å². The van der Waals surface area contributed by atoms with Gasteiger partial charge in [0.2, 0.25) is 5.95 Å². The lowest BCUT2D eigenvalue weighted by atomic mass is 9.85. The van der Waals surface area contributed by atoms with Crippen LogP contribution >= 0.6 is 0 Å². The van der Waals surface area contributed by atoms with E-state index >= 15 is 4.39 Å². The summed E-state index contributed by atoms with van der Waals surface area (Å²) in [5.74, 6) is 0.0225. The molecule has 4 aliphatic rings. The topological polar surface area (TPSA) is 65.4 Å². The number of hydrogen-bond acceptors (Lipinski definition) is 6. The lowest BCUT2D eigenvalue weighted by Gasteiger charge is -2.46. The summed E-state index contributed by atoms with van der Waals surface area (Å²) in [5.41, 5.74) is 2.72. The van der Waals surface area contributed by atoms with Gasteiger partial charge in [0.25, 0.3) is 5.91 Å². The van der Waals surface area contributed by atoms with Crippen molar-refractivity contribution in [2.45, 2.75) is 77.0 Å². The first kappa shape index (κ1) is 30.7. The number of aryl methyl sites for hydroxylation is 1. The zero-order valence-corrected chi connectivity index (χ0v) is 26.9. The van der Waals surface area contributed by atoms with Crippen molar-refractivity contribution in [1.82, 2.24) is 29.4 Å². The number of halogens is 2. The Balaban J connectivity index is 1.14. The fourth-order valence-corrected chi connectivity index (χ4v) is 8.23. The molecule has 0 spiro atoms. The van der Waals surface area contributed by atoms with Crippen LogP contribution in [0.3, 0.4) is 0 Å². The van der Waals surface area contributed by atoms with Gasteiger partial charge in [0.15, 0.2) is 0 Å². The molecule has 8 nitrogen and oxygen atoms in total. The van der Waals surface area contributed by atoms with Crippen LogP contribution in [0.1, 0.15) is 67.7 Å². The van der Waals surface area contributed by atoms with Gasteiger partial charge in [-0.1, -0.05) is 19.9 Å². The molecule has 1 N–H and O–H groups in total. The minimum absolute atomic E-state index is 0.139. The molecule has 0 radical (unpaired) electrons. The number of carbonyl (C=O) groups is 1. The van der Waals surface area contributed by atoms with E-state index in [1.807, 2.05) is 19.2 Å². The summed E-state index contributed by atoms with van der Waals surface area (Å²) in [7, 11) is 0. The molecule has 242 valence electrons. The predicted molar refractivity (Wildman–Crippen MR) is 171 cm³/mol. The number of amides is 1. The third-order valence-electron chi connectivity index (χ3n) is 10.8. The summed E-state index contributed by atoms with van der Waals surface area (Å²) < 4.78 is 37.4. The van der Waals surface area contributed by atoms with E-state index in [2.05, 4.69) is 33.9 Å². The van der Waals surface area contributed by atoms with E-state index in [0.717, 1.165) is 31.2 Å². The molecule has 4 saturated heterocycles. The Morgan fingerprint density at radius 3 is 2.69 bits per heavy atom. The van der Waals surface area contributed by atoms with Gasteiger partial charge in [-0.2, -0.15) is 4.39 Å². The van der Waals surface area contributed by atoms with Crippen molar-refractivity contribution < 1.29 is 18.3 Å². The number of nitrogens with zero attached hydrogens (tertiary/aromatic N) is 5. The van der Waals surface area contributed by atoms with Crippen LogP contribution in [0.25, 0.3) is 16.6 Å². The molecule has 2 bridgehead atoms. The van der Waals surface area contributed by atoms with Gasteiger partial charge in [0, 0.05) is 68.5 Å². The van der Waals surface area contributed by atoms with Crippen LogP contribution in [0.15, 0.2) is 30.5 Å². The van der Waals surface area contributed by atoms with Gasteiger partial charge in [-0.3, -0.25) is 14.6 Å². The van der Waals surface area contributed by atoms with Crippen molar-refractivity contribution in [1.29, 1.82) is 0 Å². The lowest BCUT2D eigenvalue weighted by molar-refractivity contribution is 0.00361. The van der Waals surface area contributed by atoms with Crippen LogP contribution in [0, 0.1) is 24.6 Å². The monoisotopic (exact) mass is 620 g/mol. The Kier molecular flexibility index (Phi) is 8.43. The molecular formula is C35H46F2N6O2. The first-order valence-corrected chi connectivity index (χ1v) is 16.8.